The Bertz CT molecular complexity index is 172. The third kappa shape index (κ3) is 3.74. The van der Waals surface area contributed by atoms with Gasteiger partial charge in [-0.2, -0.15) is 0 Å². The van der Waals surface area contributed by atoms with Crippen LogP contribution in [0.1, 0.15) is 33.1 Å². The van der Waals surface area contributed by atoms with Crippen molar-refractivity contribution in [2.45, 2.75) is 45.2 Å². The molecule has 0 aromatic carbocycles. The molecular weight excluding hydrogens is 186 g/mol. The summed E-state index contributed by atoms with van der Waals surface area (Å²) in [4.78, 5) is 5.12. The second-order valence-corrected chi connectivity index (χ2v) is 4.84. The van der Waals surface area contributed by atoms with Crippen LogP contribution >= 0.6 is 0 Å². The summed E-state index contributed by atoms with van der Waals surface area (Å²) in [7, 11) is 2.24. The van der Waals surface area contributed by atoms with Crippen molar-refractivity contribution >= 4 is 0 Å². The van der Waals surface area contributed by atoms with E-state index in [0.29, 0.717) is 6.04 Å². The highest BCUT2D eigenvalue weighted by Crippen LogP contribution is 2.16. The Morgan fingerprint density at radius 1 is 1.40 bits per heavy atom. The van der Waals surface area contributed by atoms with Gasteiger partial charge in [-0.15, -0.1) is 0 Å². The summed E-state index contributed by atoms with van der Waals surface area (Å²) >= 11 is 0. The third-order valence-electron chi connectivity index (χ3n) is 3.57. The topological polar surface area (TPSA) is 32.5 Å². The molecule has 0 radical (unpaired) electrons. The van der Waals surface area contributed by atoms with Gasteiger partial charge in [0.2, 0.25) is 0 Å². The summed E-state index contributed by atoms with van der Waals surface area (Å²) in [6, 6.07) is 1.37. The average molecular weight is 213 g/mol. The molecule has 2 N–H and O–H groups in total. The second kappa shape index (κ2) is 6.46. The van der Waals surface area contributed by atoms with Gasteiger partial charge in [0.05, 0.1) is 0 Å². The van der Waals surface area contributed by atoms with Crippen LogP contribution < -0.4 is 5.73 Å². The van der Waals surface area contributed by atoms with Crippen LogP contribution in [-0.2, 0) is 0 Å². The summed E-state index contributed by atoms with van der Waals surface area (Å²) in [5, 5.41) is 0. The predicted octanol–water partition coefficient (Wildman–Crippen LogP) is 1.14. The lowest BCUT2D eigenvalue weighted by Gasteiger charge is -2.35. The molecule has 1 aliphatic heterocycles. The second-order valence-electron chi connectivity index (χ2n) is 4.84. The van der Waals surface area contributed by atoms with E-state index in [1.807, 2.05) is 0 Å². The maximum absolute atomic E-state index is 5.65. The minimum Gasteiger partial charge on any atom is -0.330 e. The summed E-state index contributed by atoms with van der Waals surface area (Å²) in [6.07, 6.45) is 3.67. The zero-order valence-corrected chi connectivity index (χ0v) is 10.6. The van der Waals surface area contributed by atoms with Gasteiger partial charge in [-0.25, -0.2) is 0 Å². The lowest BCUT2D eigenvalue weighted by Crippen LogP contribution is -2.45. The van der Waals surface area contributed by atoms with Crippen LogP contribution in [0.4, 0.5) is 0 Å². The van der Waals surface area contributed by atoms with E-state index in [1.54, 1.807) is 0 Å². The Labute approximate surface area is 94.6 Å². The normalized spacial score (nSPS) is 27.6. The molecule has 0 saturated carbocycles. The molecule has 2 unspecified atom stereocenters. The Hall–Kier alpha value is -0.120. The molecule has 0 aromatic rings. The van der Waals surface area contributed by atoms with Crippen molar-refractivity contribution in [3.05, 3.63) is 0 Å². The molecule has 0 aliphatic carbocycles. The van der Waals surface area contributed by atoms with Crippen LogP contribution in [0, 0.1) is 0 Å². The monoisotopic (exact) mass is 213 g/mol. The molecule has 2 atom stereocenters. The van der Waals surface area contributed by atoms with Gasteiger partial charge in [-0.05, 0) is 52.9 Å². The SMILES string of the molecule is CCC1CN(C)CCCN1C(C)CCN. The lowest BCUT2D eigenvalue weighted by atomic mass is 10.1. The van der Waals surface area contributed by atoms with Crippen LogP contribution in [0.2, 0.25) is 0 Å². The van der Waals surface area contributed by atoms with Gasteiger partial charge < -0.3 is 10.6 Å². The Balaban J connectivity index is 2.57. The minimum absolute atomic E-state index is 0.645. The van der Waals surface area contributed by atoms with Crippen molar-refractivity contribution in [2.24, 2.45) is 5.73 Å². The number of hydrogen-bond acceptors (Lipinski definition) is 3. The first-order valence-electron chi connectivity index (χ1n) is 6.33. The molecule has 1 heterocycles. The zero-order valence-electron chi connectivity index (χ0n) is 10.6. The highest BCUT2D eigenvalue weighted by Gasteiger charge is 2.25. The van der Waals surface area contributed by atoms with Gasteiger partial charge in [-0.3, -0.25) is 4.90 Å². The van der Waals surface area contributed by atoms with Crippen molar-refractivity contribution in [3.8, 4) is 0 Å². The van der Waals surface area contributed by atoms with Crippen molar-refractivity contribution in [1.29, 1.82) is 0 Å². The summed E-state index contributed by atoms with van der Waals surface area (Å²) < 4.78 is 0. The summed E-state index contributed by atoms with van der Waals surface area (Å²) in [6.45, 7) is 9.12. The van der Waals surface area contributed by atoms with Crippen LogP contribution in [0.25, 0.3) is 0 Å². The Morgan fingerprint density at radius 2 is 2.13 bits per heavy atom. The van der Waals surface area contributed by atoms with Crippen LogP contribution in [0.15, 0.2) is 0 Å². The number of likely N-dealkylation sites (N-methyl/N-ethyl adjacent to an activating group) is 1. The molecule has 1 fully saturated rings. The van der Waals surface area contributed by atoms with E-state index in [2.05, 4.69) is 30.7 Å². The largest absolute Gasteiger partial charge is 0.330 e. The van der Waals surface area contributed by atoms with Gasteiger partial charge in [-0.1, -0.05) is 6.92 Å². The summed E-state index contributed by atoms with van der Waals surface area (Å²) in [5.74, 6) is 0. The third-order valence-corrected chi connectivity index (χ3v) is 3.57. The molecule has 3 heteroatoms. The molecule has 1 saturated heterocycles. The van der Waals surface area contributed by atoms with E-state index in [1.165, 1.54) is 32.5 Å². The maximum Gasteiger partial charge on any atom is 0.0223 e. The van der Waals surface area contributed by atoms with Crippen LogP contribution in [-0.4, -0.2) is 55.1 Å². The van der Waals surface area contributed by atoms with E-state index >= 15 is 0 Å². The van der Waals surface area contributed by atoms with Gasteiger partial charge in [0, 0.05) is 18.6 Å². The molecule has 15 heavy (non-hydrogen) atoms. The molecule has 0 spiro atoms. The number of nitrogens with two attached hydrogens (primary N) is 1. The quantitative estimate of drug-likeness (QED) is 0.760. The first kappa shape index (κ1) is 12.9. The van der Waals surface area contributed by atoms with E-state index in [0.717, 1.165) is 19.0 Å². The first-order chi connectivity index (χ1) is 7.19. The molecule has 0 aromatic heterocycles. The van der Waals surface area contributed by atoms with E-state index in [9.17, 15) is 0 Å². The Morgan fingerprint density at radius 3 is 2.73 bits per heavy atom. The van der Waals surface area contributed by atoms with E-state index in [-0.39, 0.29) is 0 Å². The van der Waals surface area contributed by atoms with Crippen molar-refractivity contribution in [1.82, 2.24) is 9.80 Å². The van der Waals surface area contributed by atoms with E-state index in [4.69, 9.17) is 5.73 Å². The molecule has 3 nitrogen and oxygen atoms in total. The van der Waals surface area contributed by atoms with Gasteiger partial charge >= 0.3 is 0 Å². The zero-order chi connectivity index (χ0) is 11.3. The fourth-order valence-corrected chi connectivity index (χ4v) is 2.61. The number of rotatable bonds is 4. The average Bonchev–Trinajstić information content (AvgIpc) is 2.39. The smallest absolute Gasteiger partial charge is 0.0223 e. The van der Waals surface area contributed by atoms with Crippen molar-refractivity contribution < 1.29 is 0 Å². The molecule has 90 valence electrons. The fraction of sp³-hybridized carbons (Fsp3) is 1.00. The Kier molecular flexibility index (Phi) is 5.58. The van der Waals surface area contributed by atoms with Crippen molar-refractivity contribution in [3.63, 3.8) is 0 Å². The molecule has 1 rings (SSSR count). The van der Waals surface area contributed by atoms with E-state index < -0.39 is 0 Å². The summed E-state index contributed by atoms with van der Waals surface area (Å²) in [5.41, 5.74) is 5.65. The molecule has 1 aliphatic rings. The molecule has 0 amide bonds. The standard InChI is InChI=1S/C12H27N3/c1-4-12-10-14(3)8-5-9-15(12)11(2)6-7-13/h11-12H,4-10,13H2,1-3H3. The molecular formula is C12H27N3. The van der Waals surface area contributed by atoms with Gasteiger partial charge in [0.25, 0.3) is 0 Å². The first-order valence-corrected chi connectivity index (χ1v) is 6.33. The molecule has 0 bridgehead atoms. The predicted molar refractivity (Wildman–Crippen MR) is 66.0 cm³/mol. The van der Waals surface area contributed by atoms with Crippen LogP contribution in [0.3, 0.4) is 0 Å². The minimum atomic E-state index is 0.645. The fourth-order valence-electron chi connectivity index (χ4n) is 2.61. The van der Waals surface area contributed by atoms with Crippen LogP contribution in [0.5, 0.6) is 0 Å². The number of nitrogens with zero attached hydrogens (tertiary/aromatic N) is 2. The lowest BCUT2D eigenvalue weighted by molar-refractivity contribution is 0.132. The van der Waals surface area contributed by atoms with Gasteiger partial charge in [0.15, 0.2) is 0 Å². The highest BCUT2D eigenvalue weighted by molar-refractivity contribution is 4.81. The van der Waals surface area contributed by atoms with Gasteiger partial charge in [0.1, 0.15) is 0 Å². The maximum atomic E-state index is 5.65. The number of hydrogen-bond donors (Lipinski definition) is 1. The van der Waals surface area contributed by atoms with Crippen molar-refractivity contribution in [2.75, 3.05) is 33.2 Å². The highest BCUT2D eigenvalue weighted by atomic mass is 15.2.